The molecule has 4 bridgehead atoms. The zero-order valence-electron chi connectivity index (χ0n) is 26.9. The first-order chi connectivity index (χ1) is 21.6. The molecule has 10 heteroatoms. The van der Waals surface area contributed by atoms with Gasteiger partial charge in [-0.1, -0.05) is 50.9 Å². The smallest absolute Gasteiger partial charge is 0.261 e. The van der Waals surface area contributed by atoms with Crippen LogP contribution in [0.2, 0.25) is 5.02 Å². The van der Waals surface area contributed by atoms with Crippen LogP contribution in [0.25, 0.3) is 0 Å². The van der Waals surface area contributed by atoms with Crippen LogP contribution in [0.1, 0.15) is 73.9 Å². The van der Waals surface area contributed by atoms with Gasteiger partial charge in [-0.3, -0.25) is 9.52 Å². The molecule has 45 heavy (non-hydrogen) atoms. The lowest BCUT2D eigenvalue weighted by molar-refractivity contribution is -0.000235. The zero-order valence-corrected chi connectivity index (χ0v) is 28.4. The highest BCUT2D eigenvalue weighted by atomic mass is 35.5. The van der Waals surface area contributed by atoms with Gasteiger partial charge in [-0.25, -0.2) is 4.39 Å². The van der Waals surface area contributed by atoms with Gasteiger partial charge in [0.1, 0.15) is 11.6 Å². The number of benzene rings is 2. The average molecular weight is 658 g/mol. The topological polar surface area (TPSA) is 80.2 Å². The van der Waals surface area contributed by atoms with E-state index in [1.54, 1.807) is 18.4 Å². The van der Waals surface area contributed by atoms with E-state index in [-0.39, 0.29) is 39.9 Å². The van der Waals surface area contributed by atoms with Crippen molar-refractivity contribution in [2.75, 3.05) is 38.0 Å². The molecule has 7 rings (SSSR count). The summed E-state index contributed by atoms with van der Waals surface area (Å²) in [5.41, 5.74) is 4.21. The third-order valence-corrected chi connectivity index (χ3v) is 14.1. The first kappa shape index (κ1) is 32.3. The summed E-state index contributed by atoms with van der Waals surface area (Å²) in [7, 11) is -0.540. The Hall–Kier alpha value is -2.62. The Balaban J connectivity index is 1.42. The molecular formula is C35H45ClFN3O4S. The summed E-state index contributed by atoms with van der Waals surface area (Å²) in [5, 5.41) is 0.0319. The predicted octanol–water partition coefficient (Wildman–Crippen LogP) is 8.20. The molecule has 2 aromatic rings. The Morgan fingerprint density at radius 2 is 1.98 bits per heavy atom. The summed E-state index contributed by atoms with van der Waals surface area (Å²) in [5.74, 6) is 1.21. The summed E-state index contributed by atoms with van der Waals surface area (Å²) < 4.78 is 34.6. The number of ether oxygens (including phenoxy) is 2. The van der Waals surface area contributed by atoms with Crippen molar-refractivity contribution >= 4 is 33.6 Å². The molecular weight excluding hydrogens is 613 g/mol. The van der Waals surface area contributed by atoms with E-state index in [4.69, 9.17) is 21.1 Å². The Labute approximate surface area is 272 Å². The van der Waals surface area contributed by atoms with Gasteiger partial charge in [0.2, 0.25) is 0 Å². The number of rotatable bonds is 5. The lowest BCUT2D eigenvalue weighted by Gasteiger charge is -2.48. The van der Waals surface area contributed by atoms with Crippen LogP contribution in [-0.2, 0) is 11.2 Å². The monoisotopic (exact) mass is 657 g/mol. The number of nitrogens with zero attached hydrogens (tertiary/aromatic N) is 2. The normalized spacial score (nSPS) is 34.4. The number of carbonyl (C=O) groups is 1. The molecule has 0 saturated heterocycles. The molecule has 1 fully saturated rings. The Bertz CT molecular complexity index is 1510. The van der Waals surface area contributed by atoms with Crippen molar-refractivity contribution in [3.63, 3.8) is 0 Å². The first-order valence-electron chi connectivity index (χ1n) is 16.2. The molecule has 5 aliphatic rings. The highest BCUT2D eigenvalue weighted by Gasteiger charge is 2.45. The number of nitrogens with one attached hydrogen (secondary N) is 1. The van der Waals surface area contributed by atoms with E-state index in [0.29, 0.717) is 54.2 Å². The lowest BCUT2D eigenvalue weighted by atomic mass is 9.64. The van der Waals surface area contributed by atoms with Crippen molar-refractivity contribution < 1.29 is 18.7 Å². The molecule has 7 nitrogen and oxygen atoms in total. The van der Waals surface area contributed by atoms with Gasteiger partial charge < -0.3 is 14.4 Å². The fraction of sp³-hybridized carbons (Fsp3) is 0.571. The molecule has 0 radical (unpaired) electrons. The van der Waals surface area contributed by atoms with Crippen LogP contribution in [-0.4, -0.2) is 50.3 Å². The minimum atomic E-state index is -2.35. The molecule has 0 spiro atoms. The van der Waals surface area contributed by atoms with E-state index < -0.39 is 10.4 Å². The highest BCUT2D eigenvalue weighted by Crippen LogP contribution is 2.54. The highest BCUT2D eigenvalue weighted by molar-refractivity contribution is 8.31. The molecule has 1 saturated carbocycles. The van der Waals surface area contributed by atoms with Crippen LogP contribution in [0.15, 0.2) is 46.6 Å². The fourth-order valence-corrected chi connectivity index (χ4v) is 9.92. The number of hydrogen-bond donors (Lipinski definition) is 1. The summed E-state index contributed by atoms with van der Waals surface area (Å²) in [6, 6.07) is 9.08. The number of allylic oxidation sites excluding steroid dienone is 1. The lowest BCUT2D eigenvalue weighted by Crippen LogP contribution is -2.47. The van der Waals surface area contributed by atoms with E-state index in [1.165, 1.54) is 5.57 Å². The van der Waals surface area contributed by atoms with Gasteiger partial charge >= 0.3 is 0 Å². The first-order valence-corrected chi connectivity index (χ1v) is 18.7. The van der Waals surface area contributed by atoms with Gasteiger partial charge in [-0.2, -0.15) is 0 Å². The average Bonchev–Trinajstić information content (AvgIpc) is 3.18. The maximum Gasteiger partial charge on any atom is 0.261 e. The third-order valence-electron chi connectivity index (χ3n) is 11.0. The van der Waals surface area contributed by atoms with Crippen molar-refractivity contribution in [1.29, 1.82) is 0 Å². The summed E-state index contributed by atoms with van der Waals surface area (Å²) in [4.78, 5) is 28.4. The van der Waals surface area contributed by atoms with E-state index in [0.717, 1.165) is 43.5 Å². The van der Waals surface area contributed by atoms with Gasteiger partial charge in [0.25, 0.3) is 5.91 Å². The molecule has 1 N–H and O–H groups in total. The molecule has 2 aliphatic carbocycles. The molecule has 8 atom stereocenters. The molecule has 8 unspecified atom stereocenters. The Kier molecular flexibility index (Phi) is 9.25. The van der Waals surface area contributed by atoms with E-state index in [1.807, 2.05) is 39.2 Å². The maximum absolute atomic E-state index is 15.3. The Morgan fingerprint density at radius 3 is 2.64 bits per heavy atom. The molecule has 1 amide bonds. The van der Waals surface area contributed by atoms with Crippen LogP contribution in [0.4, 0.5) is 10.1 Å². The number of amides is 1. The number of nitroso groups, excluding NO2 is 1. The zero-order chi connectivity index (χ0) is 32.0. The summed E-state index contributed by atoms with van der Waals surface area (Å²) in [6.45, 7) is 7.99. The van der Waals surface area contributed by atoms with E-state index in [2.05, 4.69) is 27.2 Å². The standard InChI is InChI=1S/C35H45ClFN3O4S/c1-6-7-29-27(11-12-30(36)33(29)37)26-18-40-17-23-8-10-28(23)34(43-4)25-14-24(15-25)20(2)21(3)45(5,39-42)38-35(41)22-9-13-32(44-19-26)31(40)16-22/h9,11-14,16,20-21,23-24,26,28,34H,6-8,10,15,17-19H2,1-5H3,(H,38,41). The number of methoxy groups -OCH3 is 1. The van der Waals surface area contributed by atoms with Crippen LogP contribution < -0.4 is 14.4 Å². The fourth-order valence-electron chi connectivity index (χ4n) is 7.85. The van der Waals surface area contributed by atoms with Crippen molar-refractivity contribution in [2.24, 2.45) is 28.3 Å². The van der Waals surface area contributed by atoms with E-state index in [9.17, 15) is 9.70 Å². The van der Waals surface area contributed by atoms with Crippen LogP contribution in [0.3, 0.4) is 0 Å². The minimum Gasteiger partial charge on any atom is -0.491 e. The number of fused-ring (bicyclic) bond motifs is 4. The second-order valence-corrected chi connectivity index (χ2v) is 16.9. The van der Waals surface area contributed by atoms with Gasteiger partial charge in [0.15, 0.2) is 0 Å². The number of halogens is 2. The SMILES string of the molecule is CCCc1c(C2COc3ccc4cc3N(C2)CC2CCC2C(OC)C2=CC(C2)C(C)C(C)S(C)(N=O)NC4=O)ccc(Cl)c1F. The number of carbonyl (C=O) groups excluding carboxylic acids is 1. The predicted molar refractivity (Wildman–Crippen MR) is 181 cm³/mol. The van der Waals surface area contributed by atoms with Gasteiger partial charge in [0, 0.05) is 47.8 Å². The quantitative estimate of drug-likeness (QED) is 0.259. The van der Waals surface area contributed by atoms with Crippen LogP contribution in [0, 0.1) is 34.4 Å². The second kappa shape index (κ2) is 12.9. The minimum absolute atomic E-state index is 0.0596. The largest absolute Gasteiger partial charge is 0.491 e. The van der Waals surface area contributed by atoms with Crippen molar-refractivity contribution in [2.45, 2.75) is 70.1 Å². The number of anilines is 1. The third kappa shape index (κ3) is 5.89. The Morgan fingerprint density at radius 1 is 1.20 bits per heavy atom. The molecule has 2 aromatic carbocycles. The second-order valence-electron chi connectivity index (χ2n) is 13.5. The molecule has 3 heterocycles. The maximum atomic E-state index is 15.3. The van der Waals surface area contributed by atoms with Gasteiger partial charge in [-0.05, 0) is 101 Å². The molecule has 244 valence electrons. The summed E-state index contributed by atoms with van der Waals surface area (Å²) in [6.07, 6.45) is 8.71. The van der Waals surface area contributed by atoms with E-state index >= 15 is 4.39 Å². The summed E-state index contributed by atoms with van der Waals surface area (Å²) >= 11 is 6.23. The molecule has 0 aromatic heterocycles. The molecule has 3 aliphatic heterocycles. The van der Waals surface area contributed by atoms with Crippen molar-refractivity contribution in [3.8, 4) is 5.75 Å². The van der Waals surface area contributed by atoms with Crippen LogP contribution in [0.5, 0.6) is 5.75 Å². The van der Waals surface area contributed by atoms with Crippen molar-refractivity contribution in [1.82, 2.24) is 4.72 Å². The van der Waals surface area contributed by atoms with Gasteiger partial charge in [0.05, 0.1) is 23.4 Å². The van der Waals surface area contributed by atoms with Crippen LogP contribution >= 0.6 is 22.0 Å². The van der Waals surface area contributed by atoms with Crippen molar-refractivity contribution in [3.05, 3.63) is 74.4 Å². The number of hydrogen-bond acceptors (Lipinski definition) is 6. The van der Waals surface area contributed by atoms with Gasteiger partial charge in [-0.15, -0.1) is 4.91 Å².